The summed E-state index contributed by atoms with van der Waals surface area (Å²) in [7, 11) is -3.84. The Bertz CT molecular complexity index is 1520. The SMILES string of the molecule is O=C1c2ccccc2C(=O)N1CCCS(=O)(=O)Nc1cc(Sc2ncn[nH]2)c(O)c2ccccc12. The number of hydrogen-bond donors (Lipinski definition) is 3. The summed E-state index contributed by atoms with van der Waals surface area (Å²) in [6, 6.07) is 14.9. The Morgan fingerprint density at radius 2 is 1.66 bits per heavy atom. The first-order valence-electron chi connectivity index (χ1n) is 10.6. The van der Waals surface area contributed by atoms with E-state index < -0.39 is 21.8 Å². The molecule has 0 fully saturated rings. The number of rotatable bonds is 8. The normalized spacial score (nSPS) is 13.4. The third-order valence-electron chi connectivity index (χ3n) is 5.52. The molecule has 35 heavy (non-hydrogen) atoms. The number of aromatic nitrogens is 3. The first-order chi connectivity index (χ1) is 16.8. The number of aromatic hydroxyl groups is 1. The molecule has 10 nitrogen and oxygen atoms in total. The third kappa shape index (κ3) is 4.45. The van der Waals surface area contributed by atoms with E-state index in [4.69, 9.17) is 0 Å². The summed E-state index contributed by atoms with van der Waals surface area (Å²) in [6.45, 7) is -0.0177. The summed E-state index contributed by atoms with van der Waals surface area (Å²) in [5.74, 6) is -1.15. The largest absolute Gasteiger partial charge is 0.506 e. The van der Waals surface area contributed by atoms with Gasteiger partial charge in [0.2, 0.25) is 10.0 Å². The Balaban J connectivity index is 1.33. The Kier molecular flexibility index (Phi) is 5.91. The van der Waals surface area contributed by atoms with Gasteiger partial charge in [-0.25, -0.2) is 13.4 Å². The zero-order valence-corrected chi connectivity index (χ0v) is 19.8. The van der Waals surface area contributed by atoms with Crippen molar-refractivity contribution < 1.29 is 23.1 Å². The highest BCUT2D eigenvalue weighted by atomic mass is 32.2. The van der Waals surface area contributed by atoms with E-state index in [1.54, 1.807) is 48.5 Å². The van der Waals surface area contributed by atoms with Crippen LogP contribution in [-0.4, -0.2) is 57.7 Å². The molecule has 3 aromatic carbocycles. The molecule has 1 aliphatic rings. The van der Waals surface area contributed by atoms with Gasteiger partial charge in [-0.15, -0.1) is 0 Å². The zero-order chi connectivity index (χ0) is 24.6. The quantitative estimate of drug-likeness (QED) is 0.242. The van der Waals surface area contributed by atoms with Gasteiger partial charge in [-0.1, -0.05) is 36.4 Å². The molecule has 3 N–H and O–H groups in total. The van der Waals surface area contributed by atoms with E-state index in [0.29, 0.717) is 37.6 Å². The Morgan fingerprint density at radius 3 is 2.31 bits per heavy atom. The van der Waals surface area contributed by atoms with Crippen molar-refractivity contribution in [2.45, 2.75) is 16.5 Å². The third-order valence-corrected chi connectivity index (χ3v) is 7.80. The van der Waals surface area contributed by atoms with Crippen molar-refractivity contribution in [2.75, 3.05) is 17.0 Å². The maximum atomic E-state index is 12.9. The predicted molar refractivity (Wildman–Crippen MR) is 130 cm³/mol. The van der Waals surface area contributed by atoms with Crippen molar-refractivity contribution in [3.63, 3.8) is 0 Å². The van der Waals surface area contributed by atoms with Gasteiger partial charge in [0.15, 0.2) is 5.16 Å². The van der Waals surface area contributed by atoms with Crippen LogP contribution < -0.4 is 4.72 Å². The number of carbonyl (C=O) groups excluding carboxylic acids is 2. The molecule has 0 aliphatic carbocycles. The van der Waals surface area contributed by atoms with E-state index >= 15 is 0 Å². The molecule has 1 aliphatic heterocycles. The molecule has 0 atom stereocenters. The number of hydrogen-bond acceptors (Lipinski definition) is 8. The van der Waals surface area contributed by atoms with Crippen molar-refractivity contribution in [1.82, 2.24) is 20.1 Å². The number of amides is 2. The molecular formula is C23H19N5O5S2. The molecule has 1 aromatic heterocycles. The number of nitrogens with one attached hydrogen (secondary N) is 2. The second kappa shape index (κ2) is 9.04. The number of carbonyl (C=O) groups is 2. The van der Waals surface area contributed by atoms with Gasteiger partial charge in [0.05, 0.1) is 27.5 Å². The molecule has 4 aromatic rings. The van der Waals surface area contributed by atoms with Gasteiger partial charge >= 0.3 is 0 Å². The van der Waals surface area contributed by atoms with Gasteiger partial charge < -0.3 is 5.11 Å². The van der Waals surface area contributed by atoms with E-state index in [9.17, 15) is 23.1 Å². The van der Waals surface area contributed by atoms with Crippen molar-refractivity contribution in [1.29, 1.82) is 0 Å². The lowest BCUT2D eigenvalue weighted by Gasteiger charge is -2.16. The highest BCUT2D eigenvalue weighted by molar-refractivity contribution is 7.99. The van der Waals surface area contributed by atoms with Gasteiger partial charge in [-0.3, -0.25) is 24.3 Å². The van der Waals surface area contributed by atoms with Gasteiger partial charge in [0.25, 0.3) is 11.8 Å². The van der Waals surface area contributed by atoms with E-state index in [2.05, 4.69) is 19.9 Å². The predicted octanol–water partition coefficient (Wildman–Crippen LogP) is 3.24. The lowest BCUT2D eigenvalue weighted by atomic mass is 10.1. The topological polar surface area (TPSA) is 145 Å². The smallest absolute Gasteiger partial charge is 0.261 e. The molecule has 0 spiro atoms. The Morgan fingerprint density at radius 1 is 1.00 bits per heavy atom. The van der Waals surface area contributed by atoms with Gasteiger partial charge in [-0.2, -0.15) is 5.10 Å². The van der Waals surface area contributed by atoms with Gasteiger partial charge in [-0.05, 0) is 36.4 Å². The molecule has 2 amide bonds. The van der Waals surface area contributed by atoms with Crippen LogP contribution in [0.2, 0.25) is 0 Å². The highest BCUT2D eigenvalue weighted by Crippen LogP contribution is 2.41. The average Bonchev–Trinajstić information content (AvgIpc) is 3.44. The standard InChI is InChI=1S/C23H19N5O5S2/c29-20-15-7-2-1-6-14(15)18(12-19(20)34-23-24-13-25-26-23)27-35(32,33)11-5-10-28-21(30)16-8-3-4-9-17(16)22(28)31/h1-4,6-9,12-13,27,29H,5,10-11H2,(H,24,25,26). The van der Waals surface area contributed by atoms with Crippen LogP contribution in [0.5, 0.6) is 5.75 Å². The van der Waals surface area contributed by atoms with E-state index in [1.807, 2.05) is 0 Å². The zero-order valence-electron chi connectivity index (χ0n) is 18.1. The van der Waals surface area contributed by atoms with Crippen LogP contribution in [0.1, 0.15) is 27.1 Å². The van der Waals surface area contributed by atoms with Crippen molar-refractivity contribution in [3.8, 4) is 5.75 Å². The van der Waals surface area contributed by atoms with Gasteiger partial charge in [0.1, 0.15) is 12.1 Å². The minimum Gasteiger partial charge on any atom is -0.506 e. The molecule has 2 heterocycles. The summed E-state index contributed by atoms with van der Waals surface area (Å²) < 4.78 is 28.4. The molecule has 0 saturated heterocycles. The number of phenols is 1. The number of imide groups is 1. The summed E-state index contributed by atoms with van der Waals surface area (Å²) in [5.41, 5.74) is 0.942. The van der Waals surface area contributed by atoms with Crippen LogP contribution in [0.4, 0.5) is 5.69 Å². The lowest BCUT2D eigenvalue weighted by molar-refractivity contribution is 0.0654. The molecule has 12 heteroatoms. The number of aromatic amines is 1. The maximum absolute atomic E-state index is 12.9. The van der Waals surface area contributed by atoms with Gasteiger partial charge in [0, 0.05) is 17.3 Å². The fraction of sp³-hybridized carbons (Fsp3) is 0.130. The number of phenolic OH excluding ortho intramolecular Hbond substituents is 1. The highest BCUT2D eigenvalue weighted by Gasteiger charge is 2.34. The van der Waals surface area contributed by atoms with Crippen molar-refractivity contribution >= 4 is 50.1 Å². The van der Waals surface area contributed by atoms with Crippen molar-refractivity contribution in [2.24, 2.45) is 0 Å². The molecule has 0 radical (unpaired) electrons. The maximum Gasteiger partial charge on any atom is 0.261 e. The molecule has 0 unspecified atom stereocenters. The van der Waals surface area contributed by atoms with Crippen LogP contribution >= 0.6 is 11.8 Å². The minimum atomic E-state index is -3.84. The number of fused-ring (bicyclic) bond motifs is 2. The molecule has 0 bridgehead atoms. The summed E-state index contributed by atoms with van der Waals surface area (Å²) >= 11 is 1.11. The van der Waals surface area contributed by atoms with Crippen LogP contribution in [0.3, 0.4) is 0 Å². The number of H-pyrrole nitrogens is 1. The first-order valence-corrected chi connectivity index (χ1v) is 13.0. The second-order valence-electron chi connectivity index (χ2n) is 7.79. The molecular weight excluding hydrogens is 490 g/mol. The number of nitrogens with zero attached hydrogens (tertiary/aromatic N) is 3. The number of anilines is 1. The van der Waals surface area contributed by atoms with Crippen LogP contribution in [0.15, 0.2) is 71.0 Å². The molecule has 5 rings (SSSR count). The fourth-order valence-electron chi connectivity index (χ4n) is 3.92. The van der Waals surface area contributed by atoms with Crippen LogP contribution in [-0.2, 0) is 10.0 Å². The van der Waals surface area contributed by atoms with Crippen molar-refractivity contribution in [3.05, 3.63) is 72.1 Å². The van der Waals surface area contributed by atoms with E-state index in [-0.39, 0.29) is 24.5 Å². The Labute approximate surface area is 204 Å². The van der Waals surface area contributed by atoms with Crippen LogP contribution in [0, 0.1) is 0 Å². The summed E-state index contributed by atoms with van der Waals surface area (Å²) in [5, 5.41) is 18.6. The minimum absolute atomic E-state index is 0.00410. The lowest BCUT2D eigenvalue weighted by Crippen LogP contribution is -2.32. The van der Waals surface area contributed by atoms with E-state index in [1.165, 1.54) is 12.4 Å². The molecule has 0 saturated carbocycles. The monoisotopic (exact) mass is 509 g/mol. The molecule has 178 valence electrons. The second-order valence-corrected chi connectivity index (χ2v) is 10.7. The first kappa shape index (κ1) is 22.9. The summed E-state index contributed by atoms with van der Waals surface area (Å²) in [6.07, 6.45) is 1.40. The summed E-state index contributed by atoms with van der Waals surface area (Å²) in [4.78, 5) is 30.5. The Hall–Kier alpha value is -3.90. The fourth-order valence-corrected chi connectivity index (χ4v) is 5.82. The van der Waals surface area contributed by atoms with E-state index in [0.717, 1.165) is 16.7 Å². The van der Waals surface area contributed by atoms with Crippen LogP contribution in [0.25, 0.3) is 10.8 Å². The average molecular weight is 510 g/mol. The number of sulfonamides is 1. The number of benzene rings is 3.